The lowest BCUT2D eigenvalue weighted by Crippen LogP contribution is -2.37. The summed E-state index contributed by atoms with van der Waals surface area (Å²) in [6, 6.07) is 86.4. The third-order valence-electron chi connectivity index (χ3n) is 15.3. The summed E-state index contributed by atoms with van der Waals surface area (Å²) in [5, 5.41) is 9.95. The molecule has 1 aliphatic heterocycles. The van der Waals surface area contributed by atoms with Crippen LogP contribution < -0.4 is 24.9 Å². The number of benzene rings is 11. The first-order chi connectivity index (χ1) is 34.9. The molecule has 13 rings (SSSR count). The van der Waals surface area contributed by atoms with Crippen LogP contribution in [-0.2, 0) is 5.41 Å². The van der Waals surface area contributed by atoms with Crippen LogP contribution >= 0.6 is 0 Å². The molecule has 0 N–H and O–H groups in total. The Morgan fingerprint density at radius 1 is 0.333 bits per heavy atom. The molecule has 0 amide bonds. The SMILES string of the molecule is C[Si](C)(C)c1ccc(N(c2ccccc2)c2ccc3c(c2)C2(c4cc5ccccc5cc4Oc4cc5ccccc5cc42)c2cc(N(c4ccccc4)c4ccc([Si](C)(C)C)cc4)c4ccccc4c2-3)cc1. The van der Waals surface area contributed by atoms with Gasteiger partial charge in [0.25, 0.3) is 0 Å². The Kier molecular flexibility index (Phi) is 10.1. The summed E-state index contributed by atoms with van der Waals surface area (Å²) in [5.74, 6) is 1.75. The third kappa shape index (κ3) is 6.97. The molecule has 1 heterocycles. The maximum atomic E-state index is 7.29. The van der Waals surface area contributed by atoms with Crippen LogP contribution in [0.4, 0.5) is 34.1 Å². The number of para-hydroxylation sites is 2. The molecule has 0 fully saturated rings. The van der Waals surface area contributed by atoms with Crippen LogP contribution in [0.5, 0.6) is 11.5 Å². The fraction of sp³-hybridized carbons (Fsp3) is 0.104. The first kappa shape index (κ1) is 44.0. The van der Waals surface area contributed by atoms with Gasteiger partial charge in [-0.15, -0.1) is 0 Å². The van der Waals surface area contributed by atoms with Crippen LogP contribution in [0.1, 0.15) is 22.3 Å². The minimum absolute atomic E-state index is 0.815. The molecule has 0 unspecified atom stereocenters. The molecule has 72 heavy (non-hydrogen) atoms. The summed E-state index contributed by atoms with van der Waals surface area (Å²) in [7, 11) is -3.13. The van der Waals surface area contributed by atoms with Gasteiger partial charge in [-0.1, -0.05) is 189 Å². The van der Waals surface area contributed by atoms with Crippen LogP contribution in [0.2, 0.25) is 39.3 Å². The van der Waals surface area contributed by atoms with E-state index >= 15 is 0 Å². The molecule has 0 saturated heterocycles. The average molecular weight is 961 g/mol. The Balaban J connectivity index is 1.17. The smallest absolute Gasteiger partial charge is 0.132 e. The summed E-state index contributed by atoms with van der Waals surface area (Å²) in [4.78, 5) is 4.93. The standard InChI is InChI=1S/C67H56N2OSi2/c1-71(2,3)54-34-29-51(30-35-54)68(49-23-9-7-10-24-49)53-33-38-58-59(43-53)67(60-39-45-19-13-15-21-47(45)41-64(60)70-65-42-48-22-16-14-20-46(48)40-61(65)67)62-44-63(56-27-17-18-28-57(56)66(58)62)69(50-25-11-8-12-26-50)52-31-36-55(37-32-52)72(4,5)6/h7-44H,1-6H3. The van der Waals surface area contributed by atoms with Crippen molar-refractivity contribution in [3.8, 4) is 22.6 Å². The molecule has 2 aliphatic rings. The van der Waals surface area contributed by atoms with Crippen LogP contribution in [0.25, 0.3) is 43.4 Å². The zero-order valence-corrected chi connectivity index (χ0v) is 43.7. The monoisotopic (exact) mass is 960 g/mol. The van der Waals surface area contributed by atoms with Gasteiger partial charge < -0.3 is 14.5 Å². The number of anilines is 6. The van der Waals surface area contributed by atoms with Gasteiger partial charge in [-0.25, -0.2) is 0 Å². The Labute approximate surface area is 425 Å². The number of hydrogen-bond donors (Lipinski definition) is 0. The zero-order chi connectivity index (χ0) is 48.9. The summed E-state index contributed by atoms with van der Waals surface area (Å²) >= 11 is 0. The maximum absolute atomic E-state index is 7.29. The minimum atomic E-state index is -1.58. The van der Waals surface area contributed by atoms with Crippen LogP contribution in [0.15, 0.2) is 231 Å². The van der Waals surface area contributed by atoms with Crippen LogP contribution in [0, 0.1) is 0 Å². The molecule has 0 bridgehead atoms. The highest BCUT2D eigenvalue weighted by molar-refractivity contribution is 6.89. The van der Waals surface area contributed by atoms with Crippen molar-refractivity contribution in [2.45, 2.75) is 44.7 Å². The number of fused-ring (bicyclic) bond motifs is 13. The van der Waals surface area contributed by atoms with Gasteiger partial charge in [0.1, 0.15) is 11.5 Å². The highest BCUT2D eigenvalue weighted by Crippen LogP contribution is 2.65. The molecule has 0 aromatic heterocycles. The van der Waals surface area contributed by atoms with Crippen molar-refractivity contribution in [2.75, 3.05) is 9.80 Å². The fourth-order valence-electron chi connectivity index (χ4n) is 11.8. The lowest BCUT2D eigenvalue weighted by atomic mass is 9.65. The molecular formula is C67H56N2OSi2. The first-order valence-electron chi connectivity index (χ1n) is 25.3. The summed E-state index contributed by atoms with van der Waals surface area (Å²) in [6.45, 7) is 14.5. The van der Waals surface area contributed by atoms with Gasteiger partial charge in [0.15, 0.2) is 0 Å². The quantitative estimate of drug-likeness (QED) is 0.141. The molecule has 1 aliphatic carbocycles. The first-order valence-corrected chi connectivity index (χ1v) is 32.3. The Hall–Kier alpha value is -7.97. The number of hydrogen-bond acceptors (Lipinski definition) is 3. The van der Waals surface area contributed by atoms with E-state index in [-0.39, 0.29) is 0 Å². The van der Waals surface area contributed by atoms with Gasteiger partial charge in [0, 0.05) is 45.0 Å². The van der Waals surface area contributed by atoms with E-state index in [1.54, 1.807) is 0 Å². The molecule has 5 heteroatoms. The summed E-state index contributed by atoms with van der Waals surface area (Å²) < 4.78 is 7.29. The van der Waals surface area contributed by atoms with Gasteiger partial charge in [0.05, 0.1) is 27.3 Å². The van der Waals surface area contributed by atoms with Gasteiger partial charge in [-0.05, 0) is 140 Å². The Morgan fingerprint density at radius 3 is 1.26 bits per heavy atom. The molecule has 0 saturated carbocycles. The van der Waals surface area contributed by atoms with Gasteiger partial charge >= 0.3 is 0 Å². The average Bonchev–Trinajstić information content (AvgIpc) is 3.69. The lowest BCUT2D eigenvalue weighted by Gasteiger charge is -2.41. The van der Waals surface area contributed by atoms with Gasteiger partial charge in [-0.3, -0.25) is 0 Å². The summed E-state index contributed by atoms with van der Waals surface area (Å²) in [6.07, 6.45) is 0. The Bertz CT molecular complexity index is 3830. The van der Waals surface area contributed by atoms with Crippen molar-refractivity contribution in [2.24, 2.45) is 0 Å². The van der Waals surface area contributed by atoms with E-state index in [1.165, 1.54) is 54.2 Å². The molecule has 1 spiro atoms. The molecule has 0 radical (unpaired) electrons. The van der Waals surface area contributed by atoms with E-state index in [0.29, 0.717) is 0 Å². The molecule has 11 aromatic carbocycles. The fourth-order valence-corrected chi connectivity index (χ4v) is 14.1. The number of rotatable bonds is 8. The summed E-state index contributed by atoms with van der Waals surface area (Å²) in [5.41, 5.74) is 13.1. The normalized spacial score (nSPS) is 13.4. The topological polar surface area (TPSA) is 15.7 Å². The molecule has 3 nitrogen and oxygen atoms in total. The van der Waals surface area contributed by atoms with Crippen molar-refractivity contribution in [3.05, 3.63) is 253 Å². The maximum Gasteiger partial charge on any atom is 0.132 e. The molecule has 0 atom stereocenters. The Morgan fingerprint density at radius 2 is 0.750 bits per heavy atom. The van der Waals surface area contributed by atoms with Crippen molar-refractivity contribution in [3.63, 3.8) is 0 Å². The highest BCUT2D eigenvalue weighted by atomic mass is 28.3. The zero-order valence-electron chi connectivity index (χ0n) is 41.7. The number of ether oxygens (including phenoxy) is 1. The van der Waals surface area contributed by atoms with Crippen LogP contribution in [0.3, 0.4) is 0 Å². The third-order valence-corrected chi connectivity index (χ3v) is 19.5. The van der Waals surface area contributed by atoms with E-state index in [4.69, 9.17) is 4.74 Å². The number of nitrogens with zero attached hydrogens (tertiary/aromatic N) is 2. The second-order valence-electron chi connectivity index (χ2n) is 21.8. The molecule has 11 aromatic rings. The van der Waals surface area contributed by atoms with E-state index in [1.807, 2.05) is 0 Å². The van der Waals surface area contributed by atoms with Crippen molar-refractivity contribution in [1.29, 1.82) is 0 Å². The van der Waals surface area contributed by atoms with Crippen molar-refractivity contribution >= 4 is 93.0 Å². The van der Waals surface area contributed by atoms with E-state index in [9.17, 15) is 0 Å². The molecular weight excluding hydrogens is 905 g/mol. The predicted molar refractivity (Wildman–Crippen MR) is 312 cm³/mol. The minimum Gasteiger partial charge on any atom is -0.457 e. The van der Waals surface area contributed by atoms with E-state index in [0.717, 1.165) is 67.5 Å². The van der Waals surface area contributed by atoms with Crippen LogP contribution in [-0.4, -0.2) is 16.1 Å². The van der Waals surface area contributed by atoms with Crippen molar-refractivity contribution in [1.82, 2.24) is 0 Å². The van der Waals surface area contributed by atoms with E-state index < -0.39 is 21.6 Å². The molecule has 348 valence electrons. The largest absolute Gasteiger partial charge is 0.457 e. The predicted octanol–water partition coefficient (Wildman–Crippen LogP) is 17.6. The lowest BCUT2D eigenvalue weighted by molar-refractivity contribution is 0.438. The highest BCUT2D eigenvalue weighted by Gasteiger charge is 2.53. The van der Waals surface area contributed by atoms with Gasteiger partial charge in [-0.2, -0.15) is 0 Å². The second kappa shape index (κ2) is 16.6. The second-order valence-corrected chi connectivity index (χ2v) is 31.9. The van der Waals surface area contributed by atoms with E-state index in [2.05, 4.69) is 280 Å². The van der Waals surface area contributed by atoms with Gasteiger partial charge in [0.2, 0.25) is 0 Å². The van der Waals surface area contributed by atoms with Crippen molar-refractivity contribution < 1.29 is 4.74 Å².